The molecule has 1 atom stereocenters. The Morgan fingerprint density at radius 2 is 2.23 bits per heavy atom. The van der Waals surface area contributed by atoms with Crippen LogP contribution in [-0.4, -0.2) is 40.0 Å². The number of halogens is 1. The average molecular weight is 321 g/mol. The lowest BCUT2D eigenvalue weighted by Crippen LogP contribution is -2.35. The number of H-pyrrole nitrogens is 1. The Balaban J connectivity index is 1.76. The van der Waals surface area contributed by atoms with E-state index >= 15 is 0 Å². The molecule has 1 amide bonds. The topological polar surface area (TPSA) is 73.4 Å². The number of benzene rings is 1. The molecule has 1 fully saturated rings. The molecule has 2 N–H and O–H groups in total. The zero-order valence-electron chi connectivity index (χ0n) is 12.2. The monoisotopic (exact) mass is 320 g/mol. The highest BCUT2D eigenvalue weighted by Crippen LogP contribution is 2.31. The number of amides is 1. The van der Waals surface area contributed by atoms with E-state index in [1.54, 1.807) is 17.9 Å². The highest BCUT2D eigenvalue weighted by Gasteiger charge is 2.41. The molecule has 5 nitrogen and oxygen atoms in total. The van der Waals surface area contributed by atoms with Crippen LogP contribution in [0.25, 0.3) is 10.9 Å². The summed E-state index contributed by atoms with van der Waals surface area (Å²) in [5.74, 6) is -0.884. The quantitative estimate of drug-likeness (QED) is 0.913. The standard InChI is InChI=1S/C16H17ClN2O3/c1-16(15(21)22)4-5-19(9-16)14(20)6-10-8-18-13-7-11(17)2-3-12(10)13/h2-3,7-8,18H,4-6,9H2,1H3,(H,21,22)/t16-/m0/s1. The van der Waals surface area contributed by atoms with E-state index in [1.165, 1.54) is 0 Å². The number of hydrogen-bond acceptors (Lipinski definition) is 2. The number of nitrogens with one attached hydrogen (secondary N) is 1. The molecular weight excluding hydrogens is 304 g/mol. The third-order valence-corrected chi connectivity index (χ3v) is 4.65. The molecule has 22 heavy (non-hydrogen) atoms. The number of hydrogen-bond donors (Lipinski definition) is 2. The number of carboxylic acid groups (broad SMARTS) is 1. The third kappa shape index (κ3) is 2.57. The number of carbonyl (C=O) groups excluding carboxylic acids is 1. The van der Waals surface area contributed by atoms with E-state index in [0.29, 0.717) is 18.0 Å². The van der Waals surface area contributed by atoms with Gasteiger partial charge in [-0.1, -0.05) is 17.7 Å². The van der Waals surface area contributed by atoms with Gasteiger partial charge in [-0.2, -0.15) is 0 Å². The first-order chi connectivity index (χ1) is 10.4. The van der Waals surface area contributed by atoms with Gasteiger partial charge in [0.25, 0.3) is 0 Å². The van der Waals surface area contributed by atoms with Gasteiger partial charge in [0.1, 0.15) is 0 Å². The Bertz CT molecular complexity index is 755. The largest absolute Gasteiger partial charge is 0.481 e. The van der Waals surface area contributed by atoms with E-state index < -0.39 is 11.4 Å². The smallest absolute Gasteiger partial charge is 0.311 e. The molecule has 1 aliphatic rings. The van der Waals surface area contributed by atoms with Crippen LogP contribution in [0.2, 0.25) is 5.02 Å². The van der Waals surface area contributed by atoms with Crippen molar-refractivity contribution in [2.75, 3.05) is 13.1 Å². The molecule has 0 radical (unpaired) electrons. The van der Waals surface area contributed by atoms with Crippen LogP contribution in [0.4, 0.5) is 0 Å². The minimum atomic E-state index is -0.843. The number of rotatable bonds is 3. The van der Waals surface area contributed by atoms with E-state index in [9.17, 15) is 14.7 Å². The van der Waals surface area contributed by atoms with Crippen molar-refractivity contribution in [3.63, 3.8) is 0 Å². The Labute approximate surface area is 132 Å². The number of aromatic nitrogens is 1. The number of likely N-dealkylation sites (tertiary alicyclic amines) is 1. The first-order valence-electron chi connectivity index (χ1n) is 7.16. The van der Waals surface area contributed by atoms with Gasteiger partial charge in [-0.05, 0) is 31.0 Å². The molecular formula is C16H17ClN2O3. The van der Waals surface area contributed by atoms with E-state index in [1.807, 2.05) is 18.3 Å². The van der Waals surface area contributed by atoms with Gasteiger partial charge in [0, 0.05) is 35.2 Å². The molecule has 1 aromatic heterocycles. The Hall–Kier alpha value is -2.01. The van der Waals surface area contributed by atoms with E-state index in [0.717, 1.165) is 16.5 Å². The fourth-order valence-corrected chi connectivity index (χ4v) is 3.10. The van der Waals surface area contributed by atoms with Crippen molar-refractivity contribution in [3.8, 4) is 0 Å². The molecule has 0 aliphatic carbocycles. The Morgan fingerprint density at radius 1 is 1.45 bits per heavy atom. The molecule has 0 spiro atoms. The van der Waals surface area contributed by atoms with Crippen LogP contribution >= 0.6 is 11.6 Å². The summed E-state index contributed by atoms with van der Waals surface area (Å²) in [7, 11) is 0. The van der Waals surface area contributed by atoms with Gasteiger partial charge in [0.15, 0.2) is 0 Å². The van der Waals surface area contributed by atoms with Crippen molar-refractivity contribution in [2.24, 2.45) is 5.41 Å². The minimum Gasteiger partial charge on any atom is -0.481 e. The van der Waals surface area contributed by atoms with Gasteiger partial charge < -0.3 is 15.0 Å². The van der Waals surface area contributed by atoms with Crippen molar-refractivity contribution >= 4 is 34.4 Å². The number of nitrogens with zero attached hydrogens (tertiary/aromatic N) is 1. The molecule has 1 aliphatic heterocycles. The maximum absolute atomic E-state index is 12.4. The zero-order valence-corrected chi connectivity index (χ0v) is 13.0. The fourth-order valence-electron chi connectivity index (χ4n) is 2.93. The highest BCUT2D eigenvalue weighted by atomic mass is 35.5. The van der Waals surface area contributed by atoms with Crippen LogP contribution in [-0.2, 0) is 16.0 Å². The lowest BCUT2D eigenvalue weighted by Gasteiger charge is -2.20. The maximum Gasteiger partial charge on any atom is 0.311 e. The third-order valence-electron chi connectivity index (χ3n) is 4.41. The SMILES string of the molecule is C[C@]1(C(=O)O)CCN(C(=O)Cc2c[nH]c3cc(Cl)ccc23)C1. The van der Waals surface area contributed by atoms with E-state index in [-0.39, 0.29) is 18.9 Å². The average Bonchev–Trinajstić information content (AvgIpc) is 3.04. The summed E-state index contributed by atoms with van der Waals surface area (Å²) in [4.78, 5) is 28.4. The Kier molecular flexibility index (Phi) is 3.60. The van der Waals surface area contributed by atoms with E-state index in [4.69, 9.17) is 11.6 Å². The second kappa shape index (κ2) is 5.32. The summed E-state index contributed by atoms with van der Waals surface area (Å²) in [6, 6.07) is 5.51. The van der Waals surface area contributed by atoms with Gasteiger partial charge in [-0.3, -0.25) is 9.59 Å². The molecule has 2 heterocycles. The molecule has 3 rings (SSSR count). The molecule has 1 aromatic carbocycles. The molecule has 6 heteroatoms. The van der Waals surface area contributed by atoms with Crippen LogP contribution in [0, 0.1) is 5.41 Å². The van der Waals surface area contributed by atoms with Crippen molar-refractivity contribution in [1.29, 1.82) is 0 Å². The van der Waals surface area contributed by atoms with Crippen molar-refractivity contribution in [1.82, 2.24) is 9.88 Å². The lowest BCUT2D eigenvalue weighted by atomic mass is 9.90. The number of carboxylic acids is 1. The van der Waals surface area contributed by atoms with Gasteiger partial charge in [0.05, 0.1) is 11.8 Å². The number of fused-ring (bicyclic) bond motifs is 1. The normalized spacial score (nSPS) is 21.5. The van der Waals surface area contributed by atoms with E-state index in [2.05, 4.69) is 4.98 Å². The predicted octanol–water partition coefficient (Wildman–Crippen LogP) is 2.69. The van der Waals surface area contributed by atoms with Gasteiger partial charge in [-0.15, -0.1) is 0 Å². The molecule has 0 bridgehead atoms. The van der Waals surface area contributed by atoms with Gasteiger partial charge in [-0.25, -0.2) is 0 Å². The highest BCUT2D eigenvalue weighted by molar-refractivity contribution is 6.31. The second-order valence-electron chi connectivity index (χ2n) is 6.11. The summed E-state index contributed by atoms with van der Waals surface area (Å²) in [5, 5.41) is 10.9. The van der Waals surface area contributed by atoms with Crippen molar-refractivity contribution in [2.45, 2.75) is 19.8 Å². The lowest BCUT2D eigenvalue weighted by molar-refractivity contribution is -0.147. The number of aromatic amines is 1. The van der Waals surface area contributed by atoms with Crippen LogP contribution < -0.4 is 0 Å². The molecule has 116 valence electrons. The summed E-state index contributed by atoms with van der Waals surface area (Å²) < 4.78 is 0. The zero-order chi connectivity index (χ0) is 15.9. The second-order valence-corrected chi connectivity index (χ2v) is 6.55. The summed E-state index contributed by atoms with van der Waals surface area (Å²) in [6.07, 6.45) is 2.57. The van der Waals surface area contributed by atoms with Crippen LogP contribution in [0.5, 0.6) is 0 Å². The fraction of sp³-hybridized carbons (Fsp3) is 0.375. The van der Waals surface area contributed by atoms with Crippen molar-refractivity contribution < 1.29 is 14.7 Å². The van der Waals surface area contributed by atoms with Gasteiger partial charge in [0.2, 0.25) is 5.91 Å². The van der Waals surface area contributed by atoms with Crippen LogP contribution in [0.1, 0.15) is 18.9 Å². The van der Waals surface area contributed by atoms with Crippen molar-refractivity contribution in [3.05, 3.63) is 35.0 Å². The molecule has 1 saturated heterocycles. The summed E-state index contributed by atoms with van der Waals surface area (Å²) in [6.45, 7) is 2.46. The summed E-state index contributed by atoms with van der Waals surface area (Å²) in [5.41, 5.74) is 0.969. The van der Waals surface area contributed by atoms with Gasteiger partial charge >= 0.3 is 5.97 Å². The minimum absolute atomic E-state index is 0.0409. The molecule has 2 aromatic rings. The molecule has 0 saturated carbocycles. The maximum atomic E-state index is 12.4. The number of aliphatic carboxylic acids is 1. The number of carbonyl (C=O) groups is 2. The predicted molar refractivity (Wildman–Crippen MR) is 84.0 cm³/mol. The first kappa shape index (κ1) is 14.9. The summed E-state index contributed by atoms with van der Waals surface area (Å²) >= 11 is 5.95. The van der Waals surface area contributed by atoms with Crippen LogP contribution in [0.3, 0.4) is 0 Å². The first-order valence-corrected chi connectivity index (χ1v) is 7.53. The van der Waals surface area contributed by atoms with Crippen LogP contribution in [0.15, 0.2) is 24.4 Å². The molecule has 0 unspecified atom stereocenters. The Morgan fingerprint density at radius 3 is 2.91 bits per heavy atom.